The summed E-state index contributed by atoms with van der Waals surface area (Å²) in [7, 11) is 0. The Balaban J connectivity index is 2.14. The van der Waals surface area contributed by atoms with Gasteiger partial charge in [0.25, 0.3) is 5.69 Å². The average molecular weight is 292 g/mol. The molecule has 1 fully saturated rings. The number of rotatable bonds is 2. The van der Waals surface area contributed by atoms with Crippen LogP contribution < -0.4 is 4.90 Å². The molecule has 0 saturated carbocycles. The second-order valence-corrected chi connectivity index (χ2v) is 4.70. The minimum absolute atomic E-state index is 0.0141. The fourth-order valence-corrected chi connectivity index (χ4v) is 2.30. The van der Waals surface area contributed by atoms with E-state index in [0.29, 0.717) is 0 Å². The van der Waals surface area contributed by atoms with Crippen molar-refractivity contribution in [2.45, 2.75) is 19.0 Å². The van der Waals surface area contributed by atoms with Crippen molar-refractivity contribution in [3.05, 3.63) is 34.1 Å². The second kappa shape index (κ2) is 5.26. The van der Waals surface area contributed by atoms with E-state index in [1.165, 1.54) is 4.90 Å². The molecule has 0 spiro atoms. The van der Waals surface area contributed by atoms with E-state index in [0.717, 1.165) is 18.2 Å². The standard InChI is InChI=1S/C12H12F4N2O2/c13-10-2-1-9(18(19)20)7-11(10)17-5-3-8(4-6-17)12(14,15)16/h1-2,7-8H,3-6H2. The molecule has 0 N–H and O–H groups in total. The minimum atomic E-state index is -4.24. The van der Waals surface area contributed by atoms with Crippen LogP contribution in [-0.4, -0.2) is 24.2 Å². The van der Waals surface area contributed by atoms with Gasteiger partial charge in [-0.2, -0.15) is 13.2 Å². The highest BCUT2D eigenvalue weighted by molar-refractivity contribution is 5.54. The highest BCUT2D eigenvalue weighted by Gasteiger charge is 2.41. The van der Waals surface area contributed by atoms with E-state index in [1.807, 2.05) is 0 Å². The smallest absolute Gasteiger partial charge is 0.369 e. The largest absolute Gasteiger partial charge is 0.391 e. The molecule has 8 heteroatoms. The molecule has 0 aliphatic carbocycles. The highest BCUT2D eigenvalue weighted by atomic mass is 19.4. The van der Waals surface area contributed by atoms with Crippen LogP contribution in [0.25, 0.3) is 0 Å². The van der Waals surface area contributed by atoms with Gasteiger partial charge in [-0.05, 0) is 18.9 Å². The summed E-state index contributed by atoms with van der Waals surface area (Å²) in [5, 5.41) is 10.6. The molecule has 1 aliphatic heterocycles. The van der Waals surface area contributed by atoms with Crippen LogP contribution >= 0.6 is 0 Å². The molecule has 2 rings (SSSR count). The van der Waals surface area contributed by atoms with Gasteiger partial charge < -0.3 is 4.90 Å². The molecular formula is C12H12F4N2O2. The zero-order chi connectivity index (χ0) is 14.9. The molecule has 0 bridgehead atoms. The lowest BCUT2D eigenvalue weighted by Crippen LogP contribution is -2.39. The lowest BCUT2D eigenvalue weighted by molar-refractivity contribution is -0.384. The van der Waals surface area contributed by atoms with Crippen LogP contribution in [0.5, 0.6) is 0 Å². The number of anilines is 1. The number of nitro benzene ring substituents is 1. The van der Waals surface area contributed by atoms with Gasteiger partial charge in [-0.15, -0.1) is 0 Å². The summed E-state index contributed by atoms with van der Waals surface area (Å²) < 4.78 is 51.3. The number of nitrogens with zero attached hydrogens (tertiary/aromatic N) is 2. The summed E-state index contributed by atoms with van der Waals surface area (Å²) in [6.07, 6.45) is -4.51. The van der Waals surface area contributed by atoms with Crippen LogP contribution in [0.2, 0.25) is 0 Å². The van der Waals surface area contributed by atoms with Gasteiger partial charge in [-0.1, -0.05) is 0 Å². The van der Waals surface area contributed by atoms with Gasteiger partial charge in [0.1, 0.15) is 5.82 Å². The Hall–Kier alpha value is -1.86. The van der Waals surface area contributed by atoms with Gasteiger partial charge in [0, 0.05) is 25.2 Å². The molecule has 0 radical (unpaired) electrons. The number of alkyl halides is 3. The van der Waals surface area contributed by atoms with Crippen LogP contribution in [0.3, 0.4) is 0 Å². The van der Waals surface area contributed by atoms with Crippen LogP contribution in [0.15, 0.2) is 18.2 Å². The predicted molar refractivity (Wildman–Crippen MR) is 64.0 cm³/mol. The van der Waals surface area contributed by atoms with Crippen molar-refractivity contribution >= 4 is 11.4 Å². The maximum atomic E-state index is 13.7. The lowest BCUT2D eigenvalue weighted by atomic mass is 9.96. The molecular weight excluding hydrogens is 280 g/mol. The molecule has 20 heavy (non-hydrogen) atoms. The zero-order valence-corrected chi connectivity index (χ0v) is 10.4. The Labute approximate surface area is 112 Å². The van der Waals surface area contributed by atoms with E-state index in [9.17, 15) is 27.7 Å². The molecule has 0 amide bonds. The van der Waals surface area contributed by atoms with Gasteiger partial charge in [-0.25, -0.2) is 4.39 Å². The van der Waals surface area contributed by atoms with Crippen molar-refractivity contribution < 1.29 is 22.5 Å². The van der Waals surface area contributed by atoms with Crippen molar-refractivity contribution in [3.8, 4) is 0 Å². The minimum Gasteiger partial charge on any atom is -0.369 e. The Morgan fingerprint density at radius 1 is 1.25 bits per heavy atom. The number of hydrogen-bond acceptors (Lipinski definition) is 3. The number of hydrogen-bond donors (Lipinski definition) is 0. The maximum Gasteiger partial charge on any atom is 0.391 e. The fraction of sp³-hybridized carbons (Fsp3) is 0.500. The summed E-state index contributed by atoms with van der Waals surface area (Å²) in [4.78, 5) is 11.4. The summed E-state index contributed by atoms with van der Waals surface area (Å²) >= 11 is 0. The number of benzene rings is 1. The van der Waals surface area contributed by atoms with Crippen molar-refractivity contribution in [1.29, 1.82) is 0 Å². The van der Waals surface area contributed by atoms with E-state index in [-0.39, 0.29) is 37.3 Å². The van der Waals surface area contributed by atoms with Gasteiger partial charge in [0.15, 0.2) is 0 Å². The summed E-state index contributed by atoms with van der Waals surface area (Å²) in [6.45, 7) is 0.0600. The van der Waals surface area contributed by atoms with Crippen LogP contribution in [-0.2, 0) is 0 Å². The van der Waals surface area contributed by atoms with E-state index < -0.39 is 22.8 Å². The SMILES string of the molecule is O=[N+]([O-])c1ccc(F)c(N2CCC(C(F)(F)F)CC2)c1. The quantitative estimate of drug-likeness (QED) is 0.476. The third-order valence-corrected chi connectivity index (χ3v) is 3.44. The predicted octanol–water partition coefficient (Wildman–Crippen LogP) is 3.51. The summed E-state index contributed by atoms with van der Waals surface area (Å²) in [6, 6.07) is 3.05. The van der Waals surface area contributed by atoms with Gasteiger partial charge in [0.2, 0.25) is 0 Å². The van der Waals surface area contributed by atoms with Crippen LogP contribution in [0.4, 0.5) is 28.9 Å². The molecule has 4 nitrogen and oxygen atoms in total. The highest BCUT2D eigenvalue weighted by Crippen LogP contribution is 2.36. The fourth-order valence-electron chi connectivity index (χ4n) is 2.30. The maximum absolute atomic E-state index is 13.7. The number of nitro groups is 1. The monoisotopic (exact) mass is 292 g/mol. The summed E-state index contributed by atoms with van der Waals surface area (Å²) in [5.41, 5.74) is -0.292. The molecule has 0 unspecified atom stereocenters. The molecule has 1 saturated heterocycles. The number of halogens is 4. The van der Waals surface area contributed by atoms with Crippen LogP contribution in [0.1, 0.15) is 12.8 Å². The van der Waals surface area contributed by atoms with Gasteiger partial charge in [0.05, 0.1) is 16.5 Å². The van der Waals surface area contributed by atoms with Crippen LogP contribution in [0, 0.1) is 21.8 Å². The average Bonchev–Trinajstić information content (AvgIpc) is 2.38. The second-order valence-electron chi connectivity index (χ2n) is 4.70. The molecule has 0 atom stereocenters. The third kappa shape index (κ3) is 3.00. The van der Waals surface area contributed by atoms with E-state index in [4.69, 9.17) is 0 Å². The zero-order valence-electron chi connectivity index (χ0n) is 10.4. The van der Waals surface area contributed by atoms with Crippen molar-refractivity contribution in [2.24, 2.45) is 5.92 Å². The van der Waals surface area contributed by atoms with Crippen molar-refractivity contribution in [2.75, 3.05) is 18.0 Å². The first kappa shape index (κ1) is 14.5. The molecule has 1 aromatic carbocycles. The molecule has 110 valence electrons. The number of non-ortho nitro benzene ring substituents is 1. The Morgan fingerprint density at radius 3 is 2.35 bits per heavy atom. The number of piperidine rings is 1. The molecule has 1 aromatic rings. The molecule has 1 aliphatic rings. The van der Waals surface area contributed by atoms with Gasteiger partial charge in [-0.3, -0.25) is 10.1 Å². The molecule has 0 aromatic heterocycles. The topological polar surface area (TPSA) is 46.4 Å². The first-order chi connectivity index (χ1) is 9.29. The normalized spacial score (nSPS) is 17.3. The van der Waals surface area contributed by atoms with Gasteiger partial charge >= 0.3 is 6.18 Å². The molecule has 1 heterocycles. The Morgan fingerprint density at radius 2 is 1.85 bits per heavy atom. The van der Waals surface area contributed by atoms with Crippen molar-refractivity contribution in [3.63, 3.8) is 0 Å². The first-order valence-corrected chi connectivity index (χ1v) is 6.04. The lowest BCUT2D eigenvalue weighted by Gasteiger charge is -2.34. The van der Waals surface area contributed by atoms with E-state index in [1.54, 1.807) is 0 Å². The Bertz CT molecular complexity index is 511. The van der Waals surface area contributed by atoms with E-state index in [2.05, 4.69) is 0 Å². The third-order valence-electron chi connectivity index (χ3n) is 3.44. The van der Waals surface area contributed by atoms with E-state index >= 15 is 0 Å². The first-order valence-electron chi connectivity index (χ1n) is 6.04. The Kier molecular flexibility index (Phi) is 3.82. The van der Waals surface area contributed by atoms with Crippen molar-refractivity contribution in [1.82, 2.24) is 0 Å². The summed E-state index contributed by atoms with van der Waals surface area (Å²) in [5.74, 6) is -2.05.